The molecule has 0 heterocycles. The van der Waals surface area contributed by atoms with Crippen LogP contribution in [0.2, 0.25) is 0 Å². The van der Waals surface area contributed by atoms with Gasteiger partial charge in [0.1, 0.15) is 6.10 Å². The minimum atomic E-state index is -0.782. The molecule has 0 rings (SSSR count). The molecule has 1 amide bonds. The first-order valence-electron chi connectivity index (χ1n) is 25.4. The molecule has 6 nitrogen and oxygen atoms in total. The maximum Gasteiger partial charge on any atom is 0.306 e. The fraction of sp³-hybridized carbons (Fsp3) is 0.922. The third kappa shape index (κ3) is 41.1. The number of esters is 1. The number of aliphatic hydroxyl groups is 2. The fourth-order valence-corrected chi connectivity index (χ4v) is 7.94. The van der Waals surface area contributed by atoms with Gasteiger partial charge in [-0.15, -0.1) is 0 Å². The van der Waals surface area contributed by atoms with Crippen molar-refractivity contribution in [1.29, 1.82) is 0 Å². The largest absolute Gasteiger partial charge is 0.462 e. The van der Waals surface area contributed by atoms with Crippen LogP contribution in [-0.2, 0) is 14.3 Å². The minimum absolute atomic E-state index is 0.0806. The van der Waals surface area contributed by atoms with Gasteiger partial charge in [-0.3, -0.25) is 9.59 Å². The number of nitrogens with one attached hydrogen (secondary N) is 1. The van der Waals surface area contributed by atoms with Gasteiger partial charge in [-0.25, -0.2) is 0 Å². The average Bonchev–Trinajstić information content (AvgIpc) is 3.20. The van der Waals surface area contributed by atoms with Crippen molar-refractivity contribution >= 4 is 11.9 Å². The Bertz CT molecular complexity index is 863. The maximum absolute atomic E-state index is 13.2. The molecule has 0 aliphatic carbocycles. The first-order chi connectivity index (χ1) is 28.0. The molecule has 0 aromatic rings. The van der Waals surface area contributed by atoms with Crippen molar-refractivity contribution in [3.63, 3.8) is 0 Å². The van der Waals surface area contributed by atoms with Gasteiger partial charge in [0.05, 0.1) is 25.2 Å². The van der Waals surface area contributed by atoms with Crippen molar-refractivity contribution in [1.82, 2.24) is 5.32 Å². The van der Waals surface area contributed by atoms with E-state index in [1.807, 2.05) is 0 Å². The van der Waals surface area contributed by atoms with E-state index in [1.165, 1.54) is 180 Å². The van der Waals surface area contributed by atoms with Crippen molar-refractivity contribution in [2.75, 3.05) is 6.61 Å². The zero-order valence-corrected chi connectivity index (χ0v) is 38.5. The lowest BCUT2D eigenvalue weighted by molar-refractivity contribution is -0.151. The van der Waals surface area contributed by atoms with Gasteiger partial charge < -0.3 is 20.3 Å². The lowest BCUT2D eigenvalue weighted by Gasteiger charge is -2.24. The molecule has 0 saturated carbocycles. The summed E-state index contributed by atoms with van der Waals surface area (Å²) >= 11 is 0. The van der Waals surface area contributed by atoms with Gasteiger partial charge in [-0.2, -0.15) is 0 Å². The van der Waals surface area contributed by atoms with E-state index in [-0.39, 0.29) is 24.9 Å². The number of unbranched alkanes of at least 4 members (excludes halogenated alkanes) is 32. The monoisotopic (exact) mass is 806 g/mol. The van der Waals surface area contributed by atoms with Gasteiger partial charge in [0.15, 0.2) is 0 Å². The summed E-state index contributed by atoms with van der Waals surface area (Å²) in [5.41, 5.74) is 0. The van der Waals surface area contributed by atoms with Crippen molar-refractivity contribution in [2.45, 2.75) is 296 Å². The van der Waals surface area contributed by atoms with Gasteiger partial charge in [0.2, 0.25) is 5.91 Å². The van der Waals surface area contributed by atoms with Gasteiger partial charge in [0, 0.05) is 6.42 Å². The van der Waals surface area contributed by atoms with Gasteiger partial charge in [0.25, 0.3) is 0 Å². The van der Waals surface area contributed by atoms with E-state index in [0.29, 0.717) is 19.3 Å². The second-order valence-electron chi connectivity index (χ2n) is 17.6. The molecule has 3 N–H and O–H groups in total. The topological polar surface area (TPSA) is 95.9 Å². The number of hydrogen-bond acceptors (Lipinski definition) is 5. The lowest BCUT2D eigenvalue weighted by Crippen LogP contribution is -2.46. The molecular weight excluding hydrogens is 707 g/mol. The van der Waals surface area contributed by atoms with E-state index in [4.69, 9.17) is 4.74 Å². The molecule has 3 atom stereocenters. The van der Waals surface area contributed by atoms with Crippen molar-refractivity contribution in [3.8, 4) is 0 Å². The number of amides is 1. The number of rotatable bonds is 46. The standard InChI is InChI=1S/C51H99NO5/c1-4-7-10-13-16-19-22-23-24-25-26-27-29-31-34-37-40-43-49(54)48(46-53)52-50(55)45-47(42-39-36-33-30-21-18-15-12-9-6-3)57-51(56)44-41-38-35-32-28-20-17-14-11-8-5-2/h14,17,47-49,53-54H,4-13,15-16,18-46H2,1-3H3,(H,52,55)/b17-14-. The van der Waals surface area contributed by atoms with Crippen LogP contribution in [0.3, 0.4) is 0 Å². The molecule has 3 unspecified atom stereocenters. The smallest absolute Gasteiger partial charge is 0.306 e. The normalized spacial score (nSPS) is 13.3. The van der Waals surface area contributed by atoms with E-state index in [0.717, 1.165) is 51.4 Å². The first kappa shape index (κ1) is 55.6. The summed E-state index contributed by atoms with van der Waals surface area (Å²) in [6.45, 7) is 6.46. The van der Waals surface area contributed by atoms with Gasteiger partial charge in [-0.05, 0) is 44.9 Å². The highest BCUT2D eigenvalue weighted by atomic mass is 16.5. The Balaban J connectivity index is 4.41. The van der Waals surface area contributed by atoms with Crippen LogP contribution >= 0.6 is 0 Å². The Kier molecular flexibility index (Phi) is 44.6. The Labute approximate surface area is 355 Å². The van der Waals surface area contributed by atoms with Crippen molar-refractivity contribution < 1.29 is 24.5 Å². The summed E-state index contributed by atoms with van der Waals surface area (Å²) in [6.07, 6.45) is 49.9. The summed E-state index contributed by atoms with van der Waals surface area (Å²) in [5, 5.41) is 23.7. The molecule has 6 heteroatoms. The van der Waals surface area contributed by atoms with Gasteiger partial charge in [-0.1, -0.05) is 232 Å². The highest BCUT2D eigenvalue weighted by Crippen LogP contribution is 2.18. The summed E-state index contributed by atoms with van der Waals surface area (Å²) in [7, 11) is 0. The van der Waals surface area contributed by atoms with Crippen LogP contribution in [0.25, 0.3) is 0 Å². The number of ether oxygens (including phenoxy) is 1. The molecule has 57 heavy (non-hydrogen) atoms. The van der Waals surface area contributed by atoms with Crippen LogP contribution in [-0.4, -0.2) is 46.9 Å². The maximum atomic E-state index is 13.2. The summed E-state index contributed by atoms with van der Waals surface area (Å²) < 4.78 is 5.90. The highest BCUT2D eigenvalue weighted by Gasteiger charge is 2.24. The summed E-state index contributed by atoms with van der Waals surface area (Å²) in [5.74, 6) is -0.472. The average molecular weight is 806 g/mol. The minimum Gasteiger partial charge on any atom is -0.462 e. The zero-order chi connectivity index (χ0) is 41.7. The quantitative estimate of drug-likeness (QED) is 0.0323. The molecule has 0 aromatic heterocycles. The third-order valence-electron chi connectivity index (χ3n) is 11.8. The Hall–Kier alpha value is -1.40. The summed E-state index contributed by atoms with van der Waals surface area (Å²) in [6, 6.07) is -0.695. The van der Waals surface area contributed by atoms with Crippen LogP contribution in [0.4, 0.5) is 0 Å². The second-order valence-corrected chi connectivity index (χ2v) is 17.6. The molecule has 338 valence electrons. The lowest BCUT2D eigenvalue weighted by atomic mass is 10.0. The first-order valence-corrected chi connectivity index (χ1v) is 25.4. The number of hydrogen-bond donors (Lipinski definition) is 3. The number of carbonyl (C=O) groups is 2. The van der Waals surface area contributed by atoms with Crippen molar-refractivity contribution in [3.05, 3.63) is 12.2 Å². The van der Waals surface area contributed by atoms with Crippen LogP contribution in [0.15, 0.2) is 12.2 Å². The number of aliphatic hydroxyl groups excluding tert-OH is 2. The Morgan fingerprint density at radius 3 is 1.30 bits per heavy atom. The predicted octanol–water partition coefficient (Wildman–Crippen LogP) is 15.0. The molecule has 0 bridgehead atoms. The molecule has 0 saturated heterocycles. The van der Waals surface area contributed by atoms with E-state index in [2.05, 4.69) is 38.2 Å². The summed E-state index contributed by atoms with van der Waals surface area (Å²) in [4.78, 5) is 26.0. The van der Waals surface area contributed by atoms with Crippen LogP contribution in [0.5, 0.6) is 0 Å². The van der Waals surface area contributed by atoms with E-state index < -0.39 is 18.2 Å². The van der Waals surface area contributed by atoms with Crippen LogP contribution in [0, 0.1) is 0 Å². The molecular formula is C51H99NO5. The molecule has 0 radical (unpaired) electrons. The molecule has 0 aliphatic rings. The highest BCUT2D eigenvalue weighted by molar-refractivity contribution is 5.77. The third-order valence-corrected chi connectivity index (χ3v) is 11.8. The Morgan fingerprint density at radius 1 is 0.491 bits per heavy atom. The zero-order valence-electron chi connectivity index (χ0n) is 38.5. The van der Waals surface area contributed by atoms with Crippen molar-refractivity contribution in [2.24, 2.45) is 0 Å². The van der Waals surface area contributed by atoms with E-state index >= 15 is 0 Å². The second kappa shape index (κ2) is 45.7. The fourth-order valence-electron chi connectivity index (χ4n) is 7.94. The van der Waals surface area contributed by atoms with Gasteiger partial charge >= 0.3 is 5.97 Å². The Morgan fingerprint density at radius 2 is 0.860 bits per heavy atom. The predicted molar refractivity (Wildman–Crippen MR) is 246 cm³/mol. The van der Waals surface area contributed by atoms with E-state index in [1.54, 1.807) is 0 Å². The number of allylic oxidation sites excluding steroid dienone is 2. The van der Waals surface area contributed by atoms with Crippen LogP contribution < -0.4 is 5.32 Å². The number of carbonyl (C=O) groups excluding carboxylic acids is 2. The molecule has 0 aliphatic heterocycles. The van der Waals surface area contributed by atoms with Crippen LogP contribution in [0.1, 0.15) is 278 Å². The molecule has 0 aromatic carbocycles. The molecule has 0 spiro atoms. The van der Waals surface area contributed by atoms with E-state index in [9.17, 15) is 19.8 Å². The molecule has 0 fully saturated rings. The SMILES string of the molecule is CCCC/C=C\CCCCCCCC(=O)OC(CCCCCCCCCCCC)CC(=O)NC(CO)C(O)CCCCCCCCCCCCCCCCCCC.